The van der Waals surface area contributed by atoms with E-state index in [4.69, 9.17) is 9.47 Å². The van der Waals surface area contributed by atoms with Gasteiger partial charge in [-0.1, -0.05) is 30.9 Å². The van der Waals surface area contributed by atoms with E-state index in [-0.39, 0.29) is 25.6 Å². The maximum absolute atomic E-state index is 13.8. The first-order valence-corrected chi connectivity index (χ1v) is 12.6. The van der Waals surface area contributed by atoms with Crippen molar-refractivity contribution in [1.82, 2.24) is 15.5 Å². The molecule has 37 heavy (non-hydrogen) atoms. The summed E-state index contributed by atoms with van der Waals surface area (Å²) in [6.45, 7) is 10.1. The largest absolute Gasteiger partial charge is 0.466 e. The van der Waals surface area contributed by atoms with Crippen LogP contribution in [0.2, 0.25) is 0 Å². The summed E-state index contributed by atoms with van der Waals surface area (Å²) in [4.78, 5) is 52.9. The Balaban J connectivity index is 2.38. The van der Waals surface area contributed by atoms with Gasteiger partial charge in [0.2, 0.25) is 11.8 Å². The molecule has 1 saturated carbocycles. The number of aliphatic hydroxyl groups excluding tert-OH is 1. The average molecular weight is 518 g/mol. The van der Waals surface area contributed by atoms with Gasteiger partial charge in [-0.15, -0.1) is 0 Å². The van der Waals surface area contributed by atoms with Gasteiger partial charge in [0, 0.05) is 12.6 Å². The molecule has 0 aromatic heterocycles. The Hall–Kier alpha value is -3.40. The average Bonchev–Trinajstić information content (AvgIpc) is 2.79. The molecule has 3 amide bonds. The fraction of sp³-hybridized carbons (Fsp3) is 0.556. The quantitative estimate of drug-likeness (QED) is 0.363. The molecule has 0 bridgehead atoms. The Labute approximate surface area is 218 Å². The van der Waals surface area contributed by atoms with Crippen LogP contribution in [0, 0.1) is 0 Å². The number of rotatable bonds is 12. The molecule has 1 aliphatic rings. The van der Waals surface area contributed by atoms with Gasteiger partial charge in [0.1, 0.15) is 17.7 Å². The second-order valence-corrected chi connectivity index (χ2v) is 9.83. The summed E-state index contributed by atoms with van der Waals surface area (Å²) in [5.74, 6) is -1.53. The maximum Gasteiger partial charge on any atom is 0.408 e. The zero-order valence-corrected chi connectivity index (χ0v) is 22.1. The summed E-state index contributed by atoms with van der Waals surface area (Å²) < 4.78 is 10.2. The third kappa shape index (κ3) is 8.89. The number of nitrogens with one attached hydrogen (secondary N) is 2. The molecule has 1 aromatic rings. The number of aliphatic hydroxyl groups is 1. The zero-order chi connectivity index (χ0) is 27.6. The Bertz CT molecular complexity index is 969. The number of amides is 3. The molecule has 1 aromatic carbocycles. The summed E-state index contributed by atoms with van der Waals surface area (Å²) in [7, 11) is 0. The first-order valence-electron chi connectivity index (χ1n) is 12.6. The van der Waals surface area contributed by atoms with Crippen molar-refractivity contribution in [3.05, 3.63) is 42.0 Å². The highest BCUT2D eigenvalue weighted by Gasteiger charge is 2.41. The van der Waals surface area contributed by atoms with E-state index in [1.165, 1.54) is 4.90 Å². The summed E-state index contributed by atoms with van der Waals surface area (Å²) in [6.07, 6.45) is 2.98. The van der Waals surface area contributed by atoms with Crippen LogP contribution in [0.15, 0.2) is 30.8 Å². The fourth-order valence-corrected chi connectivity index (χ4v) is 3.91. The van der Waals surface area contributed by atoms with Crippen molar-refractivity contribution in [2.24, 2.45) is 0 Å². The topological polar surface area (TPSA) is 134 Å². The highest BCUT2D eigenvalue weighted by atomic mass is 16.6. The lowest BCUT2D eigenvalue weighted by Gasteiger charge is -2.43. The van der Waals surface area contributed by atoms with E-state index >= 15 is 0 Å². The number of hydrogen-bond donors (Lipinski definition) is 3. The fourth-order valence-electron chi connectivity index (χ4n) is 3.91. The maximum atomic E-state index is 13.8. The van der Waals surface area contributed by atoms with Gasteiger partial charge >= 0.3 is 12.1 Å². The predicted octanol–water partition coefficient (Wildman–Crippen LogP) is 2.71. The van der Waals surface area contributed by atoms with Crippen LogP contribution in [0.3, 0.4) is 0 Å². The lowest BCUT2D eigenvalue weighted by molar-refractivity contribution is -0.148. The molecule has 1 aliphatic carbocycles. The van der Waals surface area contributed by atoms with Crippen LogP contribution in [0.4, 0.5) is 4.79 Å². The molecule has 10 nitrogen and oxygen atoms in total. The Morgan fingerprint density at radius 1 is 1.24 bits per heavy atom. The van der Waals surface area contributed by atoms with E-state index in [9.17, 15) is 24.3 Å². The molecule has 10 heteroatoms. The van der Waals surface area contributed by atoms with Crippen LogP contribution in [0.5, 0.6) is 0 Å². The molecule has 0 spiro atoms. The summed E-state index contributed by atoms with van der Waals surface area (Å²) in [5, 5.41) is 15.2. The number of benzene rings is 1. The van der Waals surface area contributed by atoms with Crippen LogP contribution in [0.25, 0.3) is 6.08 Å². The molecule has 0 saturated heterocycles. The lowest BCUT2D eigenvalue weighted by atomic mass is 9.88. The number of hydrogen-bond acceptors (Lipinski definition) is 7. The molecular weight excluding hydrogens is 478 g/mol. The lowest BCUT2D eigenvalue weighted by Crippen LogP contribution is -2.58. The Morgan fingerprint density at radius 2 is 1.95 bits per heavy atom. The Morgan fingerprint density at radius 3 is 2.49 bits per heavy atom. The highest BCUT2D eigenvalue weighted by molar-refractivity contribution is 5.92. The van der Waals surface area contributed by atoms with E-state index in [2.05, 4.69) is 17.2 Å². The third-order valence-electron chi connectivity index (χ3n) is 5.82. The van der Waals surface area contributed by atoms with Crippen molar-refractivity contribution in [3.63, 3.8) is 0 Å². The molecule has 204 valence electrons. The first kappa shape index (κ1) is 29.8. The SMILES string of the molecule is C=Cc1cccc(C(C(=O)NCCC(=O)OCC)N(C(=O)C(CO)NC(=O)OC(C)(C)C)C2CCC2)c1. The van der Waals surface area contributed by atoms with E-state index < -0.39 is 48.2 Å². The van der Waals surface area contributed by atoms with Crippen molar-refractivity contribution in [2.75, 3.05) is 19.8 Å². The van der Waals surface area contributed by atoms with Crippen LogP contribution in [0.1, 0.15) is 70.5 Å². The van der Waals surface area contributed by atoms with Crippen molar-refractivity contribution in [1.29, 1.82) is 0 Å². The molecule has 0 aliphatic heterocycles. The number of alkyl carbamates (subject to hydrolysis) is 1. The second-order valence-electron chi connectivity index (χ2n) is 9.83. The molecule has 1 fully saturated rings. The standard InChI is InChI=1S/C27H39N3O7/c1-6-18-10-8-11-19(16-18)23(24(33)28-15-14-22(32)36-7-2)30(20-12-9-13-20)25(34)21(17-31)29-26(35)37-27(3,4)5/h6,8,10-11,16,20-21,23,31H,1,7,9,12-15,17H2,2-5H3,(H,28,33)(H,29,35). The Kier molecular flexibility index (Phi) is 11.1. The second kappa shape index (κ2) is 13.8. The number of ether oxygens (including phenoxy) is 2. The van der Waals surface area contributed by atoms with Crippen LogP contribution >= 0.6 is 0 Å². The van der Waals surface area contributed by atoms with Crippen molar-refractivity contribution >= 4 is 30.0 Å². The van der Waals surface area contributed by atoms with Gasteiger partial charge in [0.25, 0.3) is 0 Å². The predicted molar refractivity (Wildman–Crippen MR) is 138 cm³/mol. The zero-order valence-electron chi connectivity index (χ0n) is 22.1. The van der Waals surface area contributed by atoms with E-state index in [1.54, 1.807) is 52.0 Å². The molecule has 0 radical (unpaired) electrons. The van der Waals surface area contributed by atoms with E-state index in [0.29, 0.717) is 18.4 Å². The first-order chi connectivity index (χ1) is 17.5. The number of carbonyl (C=O) groups excluding carboxylic acids is 4. The van der Waals surface area contributed by atoms with E-state index in [1.807, 2.05) is 6.07 Å². The minimum atomic E-state index is -1.31. The van der Waals surface area contributed by atoms with Crippen LogP contribution in [-0.4, -0.2) is 71.3 Å². The number of nitrogens with zero attached hydrogens (tertiary/aromatic N) is 1. The van der Waals surface area contributed by atoms with Gasteiger partial charge in [-0.05, 0) is 64.2 Å². The third-order valence-corrected chi connectivity index (χ3v) is 5.82. The molecule has 2 rings (SSSR count). The van der Waals surface area contributed by atoms with Crippen molar-refractivity contribution in [3.8, 4) is 0 Å². The molecule has 3 N–H and O–H groups in total. The normalized spacial score (nSPS) is 14.9. The summed E-state index contributed by atoms with van der Waals surface area (Å²) in [6, 6.07) is 4.44. The molecular formula is C27H39N3O7. The van der Waals surface area contributed by atoms with E-state index in [0.717, 1.165) is 12.0 Å². The minimum absolute atomic E-state index is 0.0180. The van der Waals surface area contributed by atoms with Gasteiger partial charge in [-0.3, -0.25) is 14.4 Å². The summed E-state index contributed by atoms with van der Waals surface area (Å²) >= 11 is 0. The van der Waals surface area contributed by atoms with Crippen molar-refractivity contribution in [2.45, 2.75) is 77.1 Å². The van der Waals surface area contributed by atoms with Crippen LogP contribution in [-0.2, 0) is 23.9 Å². The van der Waals surface area contributed by atoms with Gasteiger partial charge in [0.15, 0.2) is 0 Å². The smallest absolute Gasteiger partial charge is 0.408 e. The number of carbonyl (C=O) groups is 4. The number of esters is 1. The molecule has 2 unspecified atom stereocenters. The van der Waals surface area contributed by atoms with Gasteiger partial charge in [-0.25, -0.2) is 4.79 Å². The van der Waals surface area contributed by atoms with Gasteiger partial charge in [0.05, 0.1) is 19.6 Å². The molecule has 2 atom stereocenters. The van der Waals surface area contributed by atoms with Gasteiger partial charge in [-0.2, -0.15) is 0 Å². The summed E-state index contributed by atoms with van der Waals surface area (Å²) in [5.41, 5.74) is 0.501. The molecule has 0 heterocycles. The van der Waals surface area contributed by atoms with Crippen LogP contribution < -0.4 is 10.6 Å². The van der Waals surface area contributed by atoms with Gasteiger partial charge < -0.3 is 30.1 Å². The van der Waals surface area contributed by atoms with Crippen molar-refractivity contribution < 1.29 is 33.8 Å². The monoisotopic (exact) mass is 517 g/mol. The highest BCUT2D eigenvalue weighted by Crippen LogP contribution is 2.34. The minimum Gasteiger partial charge on any atom is -0.466 e.